The summed E-state index contributed by atoms with van der Waals surface area (Å²) < 4.78 is 5.01. The lowest BCUT2D eigenvalue weighted by atomic mass is 10.0. The number of nitrogens with one attached hydrogen (secondary N) is 1. The molecule has 0 heterocycles. The number of carbonyl (C=O) groups is 2. The molecular weight excluding hydrogens is 286 g/mol. The topological polar surface area (TPSA) is 95.9 Å². The van der Waals surface area contributed by atoms with Crippen molar-refractivity contribution in [1.29, 1.82) is 0 Å². The van der Waals surface area contributed by atoms with Crippen LogP contribution < -0.4 is 5.32 Å². The van der Waals surface area contributed by atoms with Gasteiger partial charge in [0.05, 0.1) is 6.10 Å². The number of benzene rings is 1. The summed E-state index contributed by atoms with van der Waals surface area (Å²) in [6.07, 6.45) is -1.33. The third-order valence-electron chi connectivity index (χ3n) is 2.89. The van der Waals surface area contributed by atoms with E-state index in [0.29, 0.717) is 6.42 Å². The molecule has 1 aromatic carbocycles. The lowest BCUT2D eigenvalue weighted by Gasteiger charge is -2.24. The minimum Gasteiger partial charge on any atom is -0.480 e. The minimum atomic E-state index is -1.40. The Balaban J connectivity index is 2.58. The first-order valence-electron chi connectivity index (χ1n) is 7.13. The van der Waals surface area contributed by atoms with Crippen LogP contribution in [0.1, 0.15) is 32.8 Å². The average Bonchev–Trinajstić information content (AvgIpc) is 2.41. The number of aliphatic carboxylic acids is 1. The van der Waals surface area contributed by atoms with E-state index < -0.39 is 29.8 Å². The zero-order valence-corrected chi connectivity index (χ0v) is 13.1. The summed E-state index contributed by atoms with van der Waals surface area (Å²) in [6.45, 7) is 5.02. The van der Waals surface area contributed by atoms with Crippen LogP contribution in [-0.4, -0.2) is 40.0 Å². The van der Waals surface area contributed by atoms with Crippen molar-refractivity contribution in [3.63, 3.8) is 0 Å². The Morgan fingerprint density at radius 1 is 1.23 bits per heavy atom. The van der Waals surface area contributed by atoms with Crippen LogP contribution in [0.15, 0.2) is 30.3 Å². The summed E-state index contributed by atoms with van der Waals surface area (Å²) in [5.74, 6) is -1.30. The molecule has 6 nitrogen and oxygen atoms in total. The second-order valence-electron chi connectivity index (χ2n) is 6.05. The molecule has 0 aromatic heterocycles. The lowest BCUT2D eigenvalue weighted by molar-refractivity contribution is -0.142. The number of hydrogen-bond acceptors (Lipinski definition) is 4. The van der Waals surface area contributed by atoms with E-state index in [9.17, 15) is 14.7 Å². The average molecular weight is 309 g/mol. The predicted molar refractivity (Wildman–Crippen MR) is 81.6 cm³/mol. The van der Waals surface area contributed by atoms with Crippen LogP contribution in [-0.2, 0) is 16.0 Å². The third kappa shape index (κ3) is 6.58. The van der Waals surface area contributed by atoms with Crippen LogP contribution in [0.5, 0.6) is 0 Å². The van der Waals surface area contributed by atoms with Crippen LogP contribution in [0, 0.1) is 0 Å². The molecule has 22 heavy (non-hydrogen) atoms. The SMILES string of the molecule is CC(C)(C)OC(=O)N[C@@H](C(=O)O)[C@H](O)CCc1ccccc1. The number of ether oxygens (including phenoxy) is 1. The van der Waals surface area contributed by atoms with E-state index in [1.165, 1.54) is 0 Å². The van der Waals surface area contributed by atoms with Gasteiger partial charge in [-0.15, -0.1) is 0 Å². The van der Waals surface area contributed by atoms with Crippen molar-refractivity contribution < 1.29 is 24.5 Å². The third-order valence-corrected chi connectivity index (χ3v) is 2.89. The molecular formula is C16H23NO5. The number of carbonyl (C=O) groups excluding carboxylic acids is 1. The monoisotopic (exact) mass is 309 g/mol. The fourth-order valence-electron chi connectivity index (χ4n) is 1.88. The van der Waals surface area contributed by atoms with Gasteiger partial charge in [0, 0.05) is 0 Å². The highest BCUT2D eigenvalue weighted by molar-refractivity contribution is 5.80. The van der Waals surface area contributed by atoms with Crippen molar-refractivity contribution in [3.05, 3.63) is 35.9 Å². The van der Waals surface area contributed by atoms with Crippen molar-refractivity contribution in [2.75, 3.05) is 0 Å². The van der Waals surface area contributed by atoms with E-state index in [1.54, 1.807) is 20.8 Å². The molecule has 0 aliphatic heterocycles. The van der Waals surface area contributed by atoms with Gasteiger partial charge < -0.3 is 20.3 Å². The molecule has 0 spiro atoms. The van der Waals surface area contributed by atoms with Crippen LogP contribution in [0.2, 0.25) is 0 Å². The summed E-state index contributed by atoms with van der Waals surface area (Å²) in [5, 5.41) is 21.4. The molecule has 0 aliphatic carbocycles. The highest BCUT2D eigenvalue weighted by atomic mass is 16.6. The largest absolute Gasteiger partial charge is 0.480 e. The fraction of sp³-hybridized carbons (Fsp3) is 0.500. The summed E-state index contributed by atoms with van der Waals surface area (Å²) in [7, 11) is 0. The first kappa shape index (κ1) is 18.0. The van der Waals surface area contributed by atoms with Gasteiger partial charge in [-0.1, -0.05) is 30.3 Å². The van der Waals surface area contributed by atoms with Crippen molar-refractivity contribution in [2.45, 2.75) is 51.4 Å². The molecule has 0 saturated carbocycles. The smallest absolute Gasteiger partial charge is 0.408 e. The molecule has 122 valence electrons. The Labute approximate surface area is 130 Å². The van der Waals surface area contributed by atoms with Gasteiger partial charge >= 0.3 is 12.1 Å². The van der Waals surface area contributed by atoms with E-state index in [4.69, 9.17) is 9.84 Å². The summed E-state index contributed by atoms with van der Waals surface area (Å²) in [6, 6.07) is 8.00. The normalized spacial score (nSPS) is 14.0. The van der Waals surface area contributed by atoms with Crippen molar-refractivity contribution in [1.82, 2.24) is 5.32 Å². The van der Waals surface area contributed by atoms with Gasteiger partial charge in [-0.3, -0.25) is 0 Å². The van der Waals surface area contributed by atoms with Gasteiger partial charge in [0.15, 0.2) is 6.04 Å². The van der Waals surface area contributed by atoms with Crippen molar-refractivity contribution in [3.8, 4) is 0 Å². The number of carboxylic acids is 1. The van der Waals surface area contributed by atoms with Crippen LogP contribution >= 0.6 is 0 Å². The zero-order valence-electron chi connectivity index (χ0n) is 13.1. The van der Waals surface area contributed by atoms with Crippen LogP contribution in [0.3, 0.4) is 0 Å². The van der Waals surface area contributed by atoms with Crippen LogP contribution in [0.25, 0.3) is 0 Å². The van der Waals surface area contributed by atoms with Gasteiger partial charge in [0.2, 0.25) is 0 Å². The number of rotatable bonds is 6. The zero-order chi connectivity index (χ0) is 16.8. The Morgan fingerprint density at radius 2 is 1.82 bits per heavy atom. The Kier molecular flexibility index (Phi) is 6.37. The number of aryl methyl sites for hydroxylation is 1. The minimum absolute atomic E-state index is 0.219. The van der Waals surface area contributed by atoms with Crippen molar-refractivity contribution >= 4 is 12.1 Å². The standard InChI is InChI=1S/C16H23NO5/c1-16(2,3)22-15(21)17-13(14(19)20)12(18)10-9-11-7-5-4-6-8-11/h4-8,12-13,18H,9-10H2,1-3H3,(H,17,21)(H,19,20)/t12-,13-/m1/s1. The molecule has 1 aromatic rings. The molecule has 6 heteroatoms. The maximum Gasteiger partial charge on any atom is 0.408 e. The highest BCUT2D eigenvalue weighted by Gasteiger charge is 2.30. The maximum absolute atomic E-state index is 11.6. The number of alkyl carbamates (subject to hydrolysis) is 1. The maximum atomic E-state index is 11.6. The first-order valence-corrected chi connectivity index (χ1v) is 7.13. The molecule has 1 amide bonds. The molecule has 0 aliphatic rings. The lowest BCUT2D eigenvalue weighted by Crippen LogP contribution is -2.50. The Morgan fingerprint density at radius 3 is 2.32 bits per heavy atom. The van der Waals surface area contributed by atoms with Crippen molar-refractivity contribution in [2.24, 2.45) is 0 Å². The number of aliphatic hydroxyl groups is 1. The number of amides is 1. The summed E-state index contributed by atoms with van der Waals surface area (Å²) in [4.78, 5) is 22.9. The number of aliphatic hydroxyl groups excluding tert-OH is 1. The van der Waals surface area contributed by atoms with Crippen LogP contribution in [0.4, 0.5) is 4.79 Å². The Hall–Kier alpha value is -2.08. The molecule has 2 atom stereocenters. The summed E-state index contributed by atoms with van der Waals surface area (Å²) in [5.41, 5.74) is 0.255. The molecule has 0 radical (unpaired) electrons. The highest BCUT2D eigenvalue weighted by Crippen LogP contribution is 2.10. The molecule has 0 saturated heterocycles. The molecule has 1 rings (SSSR count). The second-order valence-corrected chi connectivity index (χ2v) is 6.05. The van der Waals surface area contributed by atoms with Gasteiger partial charge in [-0.2, -0.15) is 0 Å². The van der Waals surface area contributed by atoms with Gasteiger partial charge in [0.1, 0.15) is 5.60 Å². The Bertz CT molecular complexity index is 495. The summed E-state index contributed by atoms with van der Waals surface area (Å²) >= 11 is 0. The fourth-order valence-corrected chi connectivity index (χ4v) is 1.88. The van der Waals surface area contributed by atoms with E-state index in [0.717, 1.165) is 5.56 Å². The van der Waals surface area contributed by atoms with E-state index in [2.05, 4.69) is 5.32 Å². The first-order chi connectivity index (χ1) is 10.2. The van der Waals surface area contributed by atoms with Gasteiger partial charge in [-0.25, -0.2) is 9.59 Å². The molecule has 3 N–H and O–H groups in total. The molecule has 0 fully saturated rings. The molecule has 0 bridgehead atoms. The predicted octanol–water partition coefficient (Wildman–Crippen LogP) is 1.96. The van der Waals surface area contributed by atoms with E-state index >= 15 is 0 Å². The van der Waals surface area contributed by atoms with Gasteiger partial charge in [-0.05, 0) is 39.2 Å². The van der Waals surface area contributed by atoms with E-state index in [-0.39, 0.29) is 6.42 Å². The number of hydrogen-bond donors (Lipinski definition) is 3. The van der Waals surface area contributed by atoms with E-state index in [1.807, 2.05) is 30.3 Å². The quantitative estimate of drug-likeness (QED) is 0.746. The van der Waals surface area contributed by atoms with Gasteiger partial charge in [0.25, 0.3) is 0 Å². The molecule has 0 unspecified atom stereocenters. The number of carboxylic acid groups (broad SMARTS) is 1. The second kappa shape index (κ2) is 7.79.